The first kappa shape index (κ1) is 15.1. The molecule has 0 spiro atoms. The largest absolute Gasteiger partial charge is 0.416 e. The molecule has 2 atom stereocenters. The highest BCUT2D eigenvalue weighted by Crippen LogP contribution is 2.34. The molecular weight excluding hydrogens is 272 g/mol. The zero-order chi connectivity index (χ0) is 14.9. The number of rotatable bonds is 2. The maximum absolute atomic E-state index is 13.9. The number of alkyl halides is 3. The average Bonchev–Trinajstić information content (AvgIpc) is 2.38. The van der Waals surface area contributed by atoms with Crippen molar-refractivity contribution in [3.63, 3.8) is 0 Å². The number of hydrogen-bond acceptors (Lipinski definition) is 2. The Hall–Kier alpha value is -1.30. The van der Waals surface area contributed by atoms with Crippen molar-refractivity contribution in [2.45, 2.75) is 38.0 Å². The molecule has 1 saturated heterocycles. The fraction of sp³-hybridized carbons (Fsp3) is 0.571. The van der Waals surface area contributed by atoms with Crippen LogP contribution in [0.15, 0.2) is 18.2 Å². The SMILES string of the molecule is CNC1CCN(c2cc(C(F)(F)F)ccc2F)C(C)C1. The molecule has 1 aromatic carbocycles. The third kappa shape index (κ3) is 3.06. The summed E-state index contributed by atoms with van der Waals surface area (Å²) in [5, 5.41) is 3.16. The smallest absolute Gasteiger partial charge is 0.366 e. The van der Waals surface area contributed by atoms with Crippen LogP contribution in [0.4, 0.5) is 23.2 Å². The summed E-state index contributed by atoms with van der Waals surface area (Å²) < 4.78 is 52.1. The van der Waals surface area contributed by atoms with Gasteiger partial charge in [0.1, 0.15) is 5.82 Å². The Balaban J connectivity index is 2.28. The van der Waals surface area contributed by atoms with Crippen LogP contribution in [0.5, 0.6) is 0 Å². The first-order valence-corrected chi connectivity index (χ1v) is 6.63. The van der Waals surface area contributed by atoms with Gasteiger partial charge in [0.05, 0.1) is 11.3 Å². The van der Waals surface area contributed by atoms with Crippen LogP contribution in [0, 0.1) is 5.82 Å². The molecule has 2 rings (SSSR count). The monoisotopic (exact) mass is 290 g/mol. The first-order chi connectivity index (χ1) is 9.32. The van der Waals surface area contributed by atoms with Crippen molar-refractivity contribution in [2.75, 3.05) is 18.5 Å². The first-order valence-electron chi connectivity index (χ1n) is 6.63. The molecule has 0 aromatic heterocycles. The van der Waals surface area contributed by atoms with Gasteiger partial charge in [-0.1, -0.05) is 0 Å². The van der Waals surface area contributed by atoms with Gasteiger partial charge in [-0.05, 0) is 45.0 Å². The summed E-state index contributed by atoms with van der Waals surface area (Å²) in [6.07, 6.45) is -2.88. The molecule has 2 nitrogen and oxygen atoms in total. The fourth-order valence-corrected chi connectivity index (χ4v) is 2.70. The molecule has 1 heterocycles. The van der Waals surface area contributed by atoms with Gasteiger partial charge in [-0.2, -0.15) is 13.2 Å². The standard InChI is InChI=1S/C14H18F4N2/c1-9-7-11(19-2)5-6-20(9)13-8-10(14(16,17)18)3-4-12(13)15/h3-4,8-9,11,19H,5-7H2,1-2H3. The van der Waals surface area contributed by atoms with E-state index in [2.05, 4.69) is 5.32 Å². The van der Waals surface area contributed by atoms with Crippen LogP contribution in [0.3, 0.4) is 0 Å². The number of halogens is 4. The molecule has 1 aromatic rings. The van der Waals surface area contributed by atoms with E-state index in [9.17, 15) is 17.6 Å². The Morgan fingerprint density at radius 2 is 2.00 bits per heavy atom. The Morgan fingerprint density at radius 3 is 2.55 bits per heavy atom. The lowest BCUT2D eigenvalue weighted by molar-refractivity contribution is -0.137. The van der Waals surface area contributed by atoms with Gasteiger partial charge in [0.15, 0.2) is 0 Å². The molecule has 1 aliphatic rings. The van der Waals surface area contributed by atoms with E-state index in [1.807, 2.05) is 14.0 Å². The van der Waals surface area contributed by atoms with Crippen molar-refractivity contribution >= 4 is 5.69 Å². The van der Waals surface area contributed by atoms with Gasteiger partial charge in [-0.25, -0.2) is 4.39 Å². The van der Waals surface area contributed by atoms with Gasteiger partial charge in [-0.15, -0.1) is 0 Å². The van der Waals surface area contributed by atoms with Gasteiger partial charge < -0.3 is 10.2 Å². The van der Waals surface area contributed by atoms with Crippen LogP contribution < -0.4 is 10.2 Å². The second kappa shape index (κ2) is 5.60. The van der Waals surface area contributed by atoms with E-state index in [0.717, 1.165) is 31.0 Å². The second-order valence-electron chi connectivity index (χ2n) is 5.22. The minimum absolute atomic E-state index is 0.000756. The van der Waals surface area contributed by atoms with Crippen molar-refractivity contribution in [3.05, 3.63) is 29.6 Å². The van der Waals surface area contributed by atoms with E-state index in [4.69, 9.17) is 0 Å². The highest BCUT2D eigenvalue weighted by Gasteiger charge is 2.33. The molecule has 1 fully saturated rings. The van der Waals surface area contributed by atoms with Crippen molar-refractivity contribution < 1.29 is 17.6 Å². The maximum atomic E-state index is 13.9. The van der Waals surface area contributed by atoms with Crippen LogP contribution in [0.2, 0.25) is 0 Å². The molecule has 112 valence electrons. The molecule has 0 amide bonds. The normalized spacial score (nSPS) is 24.0. The van der Waals surface area contributed by atoms with Gasteiger partial charge in [0, 0.05) is 18.6 Å². The highest BCUT2D eigenvalue weighted by atomic mass is 19.4. The van der Waals surface area contributed by atoms with Gasteiger partial charge in [0.25, 0.3) is 0 Å². The minimum Gasteiger partial charge on any atom is -0.366 e. The summed E-state index contributed by atoms with van der Waals surface area (Å²) in [7, 11) is 1.86. The van der Waals surface area contributed by atoms with Crippen molar-refractivity contribution in [3.8, 4) is 0 Å². The molecule has 0 radical (unpaired) electrons. The molecule has 0 saturated carbocycles. The molecular formula is C14H18F4N2. The van der Waals surface area contributed by atoms with Crippen LogP contribution >= 0.6 is 0 Å². The third-order valence-corrected chi connectivity index (χ3v) is 3.87. The van der Waals surface area contributed by atoms with Crippen LogP contribution in [-0.2, 0) is 6.18 Å². The Morgan fingerprint density at radius 1 is 1.30 bits per heavy atom. The zero-order valence-corrected chi connectivity index (χ0v) is 11.5. The summed E-state index contributed by atoms with van der Waals surface area (Å²) in [6, 6.07) is 2.92. The molecule has 2 unspecified atom stereocenters. The number of nitrogens with zero attached hydrogens (tertiary/aromatic N) is 1. The van der Waals surface area contributed by atoms with Crippen LogP contribution in [-0.4, -0.2) is 25.7 Å². The summed E-state index contributed by atoms with van der Waals surface area (Å²) in [6.45, 7) is 2.45. The summed E-state index contributed by atoms with van der Waals surface area (Å²) >= 11 is 0. The second-order valence-corrected chi connectivity index (χ2v) is 5.22. The predicted molar refractivity (Wildman–Crippen MR) is 70.3 cm³/mol. The van der Waals surface area contributed by atoms with E-state index in [1.165, 1.54) is 0 Å². The lowest BCUT2D eigenvalue weighted by atomic mass is 9.97. The average molecular weight is 290 g/mol. The molecule has 0 bridgehead atoms. The van der Waals surface area contributed by atoms with E-state index < -0.39 is 17.6 Å². The van der Waals surface area contributed by atoms with Crippen molar-refractivity contribution in [2.24, 2.45) is 0 Å². The minimum atomic E-state index is -4.45. The van der Waals surface area contributed by atoms with E-state index >= 15 is 0 Å². The molecule has 1 aliphatic heterocycles. The van der Waals surface area contributed by atoms with Gasteiger partial charge in [-0.3, -0.25) is 0 Å². The summed E-state index contributed by atoms with van der Waals surface area (Å²) in [4.78, 5) is 1.72. The number of hydrogen-bond donors (Lipinski definition) is 1. The maximum Gasteiger partial charge on any atom is 0.416 e. The lowest BCUT2D eigenvalue weighted by Gasteiger charge is -2.39. The summed E-state index contributed by atoms with van der Waals surface area (Å²) in [5.74, 6) is -0.604. The Bertz CT molecular complexity index is 473. The van der Waals surface area contributed by atoms with Gasteiger partial charge in [0.2, 0.25) is 0 Å². The lowest BCUT2D eigenvalue weighted by Crippen LogP contribution is -2.47. The number of anilines is 1. The quantitative estimate of drug-likeness (QED) is 0.840. The Kier molecular flexibility index (Phi) is 4.22. The van der Waals surface area contributed by atoms with Crippen LogP contribution in [0.1, 0.15) is 25.3 Å². The molecule has 1 N–H and O–H groups in total. The van der Waals surface area contributed by atoms with Crippen molar-refractivity contribution in [1.29, 1.82) is 0 Å². The number of piperidine rings is 1. The van der Waals surface area contributed by atoms with E-state index in [1.54, 1.807) is 4.90 Å². The van der Waals surface area contributed by atoms with Crippen molar-refractivity contribution in [1.82, 2.24) is 5.32 Å². The van der Waals surface area contributed by atoms with Gasteiger partial charge >= 0.3 is 6.18 Å². The molecule has 20 heavy (non-hydrogen) atoms. The predicted octanol–water partition coefficient (Wildman–Crippen LogP) is 3.42. The fourth-order valence-electron chi connectivity index (χ4n) is 2.70. The Labute approximate surface area is 115 Å². The van der Waals surface area contributed by atoms with Crippen LogP contribution in [0.25, 0.3) is 0 Å². The highest BCUT2D eigenvalue weighted by molar-refractivity contribution is 5.52. The zero-order valence-electron chi connectivity index (χ0n) is 11.5. The molecule has 0 aliphatic carbocycles. The topological polar surface area (TPSA) is 15.3 Å². The number of nitrogens with one attached hydrogen (secondary N) is 1. The summed E-state index contributed by atoms with van der Waals surface area (Å²) in [5.41, 5.74) is -0.765. The van der Waals surface area contributed by atoms with E-state index in [0.29, 0.717) is 12.6 Å². The van der Waals surface area contributed by atoms with E-state index in [-0.39, 0.29) is 11.7 Å². The third-order valence-electron chi connectivity index (χ3n) is 3.87. The molecule has 6 heteroatoms. The number of benzene rings is 1.